The first-order valence-electron chi connectivity index (χ1n) is 7.57. The lowest BCUT2D eigenvalue weighted by Gasteiger charge is -2.23. The highest BCUT2D eigenvalue weighted by Crippen LogP contribution is 2.43. The predicted molar refractivity (Wildman–Crippen MR) is 87.3 cm³/mol. The van der Waals surface area contributed by atoms with Crippen LogP contribution < -0.4 is 9.80 Å². The number of aromatic nitrogens is 2. The number of carbonyl (C=O) groups excluding carboxylic acids is 1. The third kappa shape index (κ3) is 2.09. The van der Waals surface area contributed by atoms with E-state index in [9.17, 15) is 4.79 Å². The molecule has 1 atom stereocenters. The van der Waals surface area contributed by atoms with Crippen LogP contribution in [0.25, 0.3) is 0 Å². The summed E-state index contributed by atoms with van der Waals surface area (Å²) >= 11 is 1.64. The van der Waals surface area contributed by atoms with Crippen molar-refractivity contribution in [3.05, 3.63) is 34.7 Å². The van der Waals surface area contributed by atoms with E-state index in [0.29, 0.717) is 0 Å². The van der Waals surface area contributed by atoms with Gasteiger partial charge in [-0.1, -0.05) is 0 Å². The van der Waals surface area contributed by atoms with E-state index in [0.717, 1.165) is 49.7 Å². The van der Waals surface area contributed by atoms with Gasteiger partial charge in [-0.3, -0.25) is 4.79 Å². The molecule has 1 spiro atoms. The fourth-order valence-electron chi connectivity index (χ4n) is 3.48. The Hall–Kier alpha value is -1.95. The van der Waals surface area contributed by atoms with Crippen LogP contribution in [-0.4, -0.2) is 35.7 Å². The Kier molecular flexibility index (Phi) is 3.14. The second-order valence-corrected chi connectivity index (χ2v) is 6.95. The molecule has 0 bridgehead atoms. The van der Waals surface area contributed by atoms with Gasteiger partial charge in [-0.05, 0) is 43.3 Å². The molecular weight excluding hydrogens is 296 g/mol. The standard InChI is InChI=1S/C16H18N4OS/c1-12-2-3-14(18-17-12)19-7-5-16(11-19)6-8-20(15(16)21)13-4-9-22-10-13/h2-4,9-10H,5-8,11H2,1H3. The Labute approximate surface area is 133 Å². The van der Waals surface area contributed by atoms with Crippen LogP contribution in [0.2, 0.25) is 0 Å². The van der Waals surface area contributed by atoms with Gasteiger partial charge in [0.15, 0.2) is 5.82 Å². The second-order valence-electron chi connectivity index (χ2n) is 6.17. The highest BCUT2D eigenvalue weighted by Gasteiger charge is 2.51. The van der Waals surface area contributed by atoms with Crippen molar-refractivity contribution in [1.82, 2.24) is 10.2 Å². The van der Waals surface area contributed by atoms with Crippen molar-refractivity contribution >= 4 is 28.7 Å². The zero-order valence-corrected chi connectivity index (χ0v) is 13.3. The number of aryl methyl sites for hydroxylation is 1. The molecule has 0 aromatic carbocycles. The number of carbonyl (C=O) groups is 1. The van der Waals surface area contributed by atoms with E-state index in [2.05, 4.69) is 20.5 Å². The van der Waals surface area contributed by atoms with Crippen LogP contribution in [0.3, 0.4) is 0 Å². The number of rotatable bonds is 2. The molecule has 4 rings (SSSR count). The lowest BCUT2D eigenvalue weighted by Crippen LogP contribution is -2.37. The number of amides is 1. The molecule has 0 radical (unpaired) electrons. The van der Waals surface area contributed by atoms with Crippen LogP contribution in [0, 0.1) is 12.3 Å². The smallest absolute Gasteiger partial charge is 0.235 e. The fraction of sp³-hybridized carbons (Fsp3) is 0.438. The summed E-state index contributed by atoms with van der Waals surface area (Å²) in [6, 6.07) is 6.00. The molecular formula is C16H18N4OS. The largest absolute Gasteiger partial charge is 0.354 e. The Morgan fingerprint density at radius 3 is 2.77 bits per heavy atom. The zero-order valence-electron chi connectivity index (χ0n) is 12.5. The highest BCUT2D eigenvalue weighted by molar-refractivity contribution is 7.08. The number of hydrogen-bond donors (Lipinski definition) is 0. The van der Waals surface area contributed by atoms with Gasteiger partial charge in [0, 0.05) is 25.0 Å². The van der Waals surface area contributed by atoms with Crippen LogP contribution in [0.15, 0.2) is 29.0 Å². The van der Waals surface area contributed by atoms with E-state index in [1.54, 1.807) is 11.3 Å². The molecule has 22 heavy (non-hydrogen) atoms. The van der Waals surface area contributed by atoms with Gasteiger partial charge in [0.25, 0.3) is 0 Å². The Balaban J connectivity index is 1.54. The Morgan fingerprint density at radius 2 is 2.05 bits per heavy atom. The average Bonchev–Trinajstić information content (AvgIpc) is 3.23. The van der Waals surface area contributed by atoms with Crippen LogP contribution in [0.4, 0.5) is 11.5 Å². The minimum atomic E-state index is -0.242. The topological polar surface area (TPSA) is 49.3 Å². The van der Waals surface area contributed by atoms with Crippen molar-refractivity contribution in [2.45, 2.75) is 19.8 Å². The summed E-state index contributed by atoms with van der Waals surface area (Å²) < 4.78 is 0. The van der Waals surface area contributed by atoms with Gasteiger partial charge in [-0.15, -0.1) is 5.10 Å². The quantitative estimate of drug-likeness (QED) is 0.854. The SMILES string of the molecule is Cc1ccc(N2CCC3(CCN(c4ccsc4)C3=O)C2)nn1. The van der Waals surface area contributed by atoms with Crippen LogP contribution >= 0.6 is 11.3 Å². The average molecular weight is 314 g/mol. The molecule has 2 aromatic heterocycles. The maximum Gasteiger partial charge on any atom is 0.235 e. The molecule has 1 unspecified atom stereocenters. The molecule has 5 nitrogen and oxygen atoms in total. The number of thiophene rings is 1. The van der Waals surface area contributed by atoms with Gasteiger partial charge in [0.2, 0.25) is 5.91 Å². The number of anilines is 2. The van der Waals surface area contributed by atoms with Gasteiger partial charge in [-0.25, -0.2) is 0 Å². The summed E-state index contributed by atoms with van der Waals surface area (Å²) in [7, 11) is 0. The first-order chi connectivity index (χ1) is 10.7. The Bertz CT molecular complexity index is 685. The molecule has 6 heteroatoms. The van der Waals surface area contributed by atoms with Crippen molar-refractivity contribution in [3.63, 3.8) is 0 Å². The monoisotopic (exact) mass is 314 g/mol. The van der Waals surface area contributed by atoms with Crippen molar-refractivity contribution in [2.24, 2.45) is 5.41 Å². The summed E-state index contributed by atoms with van der Waals surface area (Å²) in [5, 5.41) is 12.5. The third-order valence-electron chi connectivity index (χ3n) is 4.79. The highest BCUT2D eigenvalue weighted by atomic mass is 32.1. The van der Waals surface area contributed by atoms with Crippen LogP contribution in [0.5, 0.6) is 0 Å². The summed E-state index contributed by atoms with van der Waals surface area (Å²) in [5.41, 5.74) is 1.72. The van der Waals surface area contributed by atoms with Crippen molar-refractivity contribution in [1.29, 1.82) is 0 Å². The van der Waals surface area contributed by atoms with Crippen molar-refractivity contribution < 1.29 is 4.79 Å². The van der Waals surface area contributed by atoms with Crippen molar-refractivity contribution in [2.75, 3.05) is 29.4 Å². The molecule has 0 N–H and O–H groups in total. The molecule has 0 aliphatic carbocycles. The second kappa shape index (κ2) is 5.05. The van der Waals surface area contributed by atoms with E-state index < -0.39 is 0 Å². The summed E-state index contributed by atoms with van der Waals surface area (Å²) in [5.74, 6) is 1.15. The zero-order chi connectivity index (χ0) is 15.2. The predicted octanol–water partition coefficient (Wildman–Crippen LogP) is 2.48. The molecule has 2 aliphatic rings. The van der Waals surface area contributed by atoms with E-state index in [-0.39, 0.29) is 11.3 Å². The summed E-state index contributed by atoms with van der Waals surface area (Å²) in [6.07, 6.45) is 1.83. The first kappa shape index (κ1) is 13.7. The fourth-order valence-corrected chi connectivity index (χ4v) is 4.13. The lowest BCUT2D eigenvalue weighted by atomic mass is 9.85. The van der Waals surface area contributed by atoms with Gasteiger partial charge in [0.05, 0.1) is 16.8 Å². The Morgan fingerprint density at radius 1 is 1.18 bits per heavy atom. The summed E-state index contributed by atoms with van der Waals surface area (Å²) in [6.45, 7) is 4.38. The summed E-state index contributed by atoms with van der Waals surface area (Å²) in [4.78, 5) is 17.1. The molecule has 2 fully saturated rings. The van der Waals surface area contributed by atoms with Crippen molar-refractivity contribution in [3.8, 4) is 0 Å². The minimum Gasteiger partial charge on any atom is -0.354 e. The minimum absolute atomic E-state index is 0.242. The molecule has 1 amide bonds. The molecule has 2 aromatic rings. The maximum atomic E-state index is 12.9. The van der Waals surface area contributed by atoms with Gasteiger partial charge >= 0.3 is 0 Å². The third-order valence-corrected chi connectivity index (χ3v) is 5.46. The molecule has 0 saturated carbocycles. The number of nitrogens with zero attached hydrogens (tertiary/aromatic N) is 4. The lowest BCUT2D eigenvalue weighted by molar-refractivity contribution is -0.124. The van der Waals surface area contributed by atoms with E-state index in [4.69, 9.17) is 0 Å². The molecule has 4 heterocycles. The van der Waals surface area contributed by atoms with Gasteiger partial charge < -0.3 is 9.80 Å². The van der Waals surface area contributed by atoms with Gasteiger partial charge in [0.1, 0.15) is 0 Å². The van der Waals surface area contributed by atoms with E-state index in [1.165, 1.54) is 0 Å². The van der Waals surface area contributed by atoms with Crippen LogP contribution in [-0.2, 0) is 4.79 Å². The van der Waals surface area contributed by atoms with E-state index >= 15 is 0 Å². The first-order valence-corrected chi connectivity index (χ1v) is 8.52. The maximum absolute atomic E-state index is 12.9. The van der Waals surface area contributed by atoms with E-state index in [1.807, 2.05) is 35.4 Å². The molecule has 2 aliphatic heterocycles. The normalized spacial score (nSPS) is 24.7. The van der Waals surface area contributed by atoms with Crippen LogP contribution in [0.1, 0.15) is 18.5 Å². The van der Waals surface area contributed by atoms with Gasteiger partial charge in [-0.2, -0.15) is 16.4 Å². The number of hydrogen-bond acceptors (Lipinski definition) is 5. The molecule has 2 saturated heterocycles. The molecule has 114 valence electrons.